The van der Waals surface area contributed by atoms with Gasteiger partial charge in [0.15, 0.2) is 0 Å². The standard InChI is InChI=1S/C13H17ClN2O2/c14-11-5-1-3-9(7-11)12(18-13(15)17)10-4-2-6-16-8-10/h1,3,5,7,10,12,16H,2,4,6,8H2,(H2,15,17)/t10-,12?/m1/s1. The van der Waals surface area contributed by atoms with Gasteiger partial charge in [-0.3, -0.25) is 0 Å². The molecule has 2 atom stereocenters. The molecule has 5 heteroatoms. The second-order valence-corrected chi connectivity index (χ2v) is 4.96. The molecule has 0 aromatic heterocycles. The first kappa shape index (κ1) is 13.2. The number of hydrogen-bond donors (Lipinski definition) is 2. The number of primary amides is 1. The summed E-state index contributed by atoms with van der Waals surface area (Å²) in [4.78, 5) is 11.1. The van der Waals surface area contributed by atoms with E-state index in [9.17, 15) is 4.79 Å². The molecule has 18 heavy (non-hydrogen) atoms. The lowest BCUT2D eigenvalue weighted by molar-refractivity contribution is 0.0583. The van der Waals surface area contributed by atoms with Crippen LogP contribution in [0.25, 0.3) is 0 Å². The highest BCUT2D eigenvalue weighted by Crippen LogP contribution is 2.31. The SMILES string of the molecule is NC(=O)OC(c1cccc(Cl)c1)[C@@H]1CCCNC1. The topological polar surface area (TPSA) is 64.4 Å². The number of rotatable bonds is 3. The van der Waals surface area contributed by atoms with Gasteiger partial charge in [-0.2, -0.15) is 0 Å². The lowest BCUT2D eigenvalue weighted by Crippen LogP contribution is -2.35. The Morgan fingerprint density at radius 1 is 1.56 bits per heavy atom. The van der Waals surface area contributed by atoms with Crippen LogP contribution in [0, 0.1) is 5.92 Å². The van der Waals surface area contributed by atoms with Crippen LogP contribution in [0.2, 0.25) is 5.02 Å². The number of ether oxygens (including phenoxy) is 1. The predicted molar refractivity (Wildman–Crippen MR) is 70.5 cm³/mol. The highest BCUT2D eigenvalue weighted by Gasteiger charge is 2.27. The van der Waals surface area contributed by atoms with Gasteiger partial charge in [0, 0.05) is 17.5 Å². The highest BCUT2D eigenvalue weighted by atomic mass is 35.5. The average Bonchev–Trinajstić information content (AvgIpc) is 2.37. The van der Waals surface area contributed by atoms with Crippen LogP contribution in [0.4, 0.5) is 4.79 Å². The molecule has 1 aliphatic rings. The van der Waals surface area contributed by atoms with Crippen molar-refractivity contribution in [2.75, 3.05) is 13.1 Å². The van der Waals surface area contributed by atoms with E-state index in [-0.39, 0.29) is 12.0 Å². The summed E-state index contributed by atoms with van der Waals surface area (Å²) in [7, 11) is 0. The van der Waals surface area contributed by atoms with Gasteiger partial charge in [0.1, 0.15) is 6.10 Å². The van der Waals surface area contributed by atoms with Gasteiger partial charge in [-0.05, 0) is 37.1 Å². The largest absolute Gasteiger partial charge is 0.441 e. The summed E-state index contributed by atoms with van der Waals surface area (Å²) in [5.41, 5.74) is 6.06. The fourth-order valence-electron chi connectivity index (χ4n) is 2.38. The van der Waals surface area contributed by atoms with Crippen LogP contribution in [-0.2, 0) is 4.74 Å². The Hall–Kier alpha value is -1.26. The van der Waals surface area contributed by atoms with E-state index in [1.54, 1.807) is 6.07 Å². The van der Waals surface area contributed by atoms with Crippen LogP contribution in [0.1, 0.15) is 24.5 Å². The van der Waals surface area contributed by atoms with E-state index in [1.807, 2.05) is 18.2 Å². The molecule has 1 aliphatic heterocycles. The molecule has 1 fully saturated rings. The van der Waals surface area contributed by atoms with Crippen LogP contribution >= 0.6 is 11.6 Å². The van der Waals surface area contributed by atoms with Crippen molar-refractivity contribution in [3.63, 3.8) is 0 Å². The fraction of sp³-hybridized carbons (Fsp3) is 0.462. The molecular weight excluding hydrogens is 252 g/mol. The predicted octanol–water partition coefficient (Wildman–Crippen LogP) is 2.48. The number of piperidine rings is 1. The second-order valence-electron chi connectivity index (χ2n) is 4.52. The van der Waals surface area contributed by atoms with Gasteiger partial charge < -0.3 is 15.8 Å². The zero-order valence-electron chi connectivity index (χ0n) is 10.1. The Labute approximate surface area is 111 Å². The van der Waals surface area contributed by atoms with Crippen LogP contribution < -0.4 is 11.1 Å². The molecule has 1 heterocycles. The number of hydrogen-bond acceptors (Lipinski definition) is 3. The minimum Gasteiger partial charge on any atom is -0.441 e. The number of halogens is 1. The normalized spacial score (nSPS) is 21.3. The number of nitrogens with two attached hydrogens (primary N) is 1. The fourth-order valence-corrected chi connectivity index (χ4v) is 2.58. The van der Waals surface area contributed by atoms with Crippen LogP contribution in [0.15, 0.2) is 24.3 Å². The Balaban J connectivity index is 2.20. The third-order valence-electron chi connectivity index (χ3n) is 3.18. The Kier molecular flexibility index (Phi) is 4.44. The zero-order valence-corrected chi connectivity index (χ0v) is 10.8. The summed E-state index contributed by atoms with van der Waals surface area (Å²) < 4.78 is 5.27. The lowest BCUT2D eigenvalue weighted by atomic mass is 9.89. The summed E-state index contributed by atoms with van der Waals surface area (Å²) in [6.45, 7) is 1.83. The van der Waals surface area contributed by atoms with Crippen molar-refractivity contribution < 1.29 is 9.53 Å². The first-order chi connectivity index (χ1) is 8.66. The molecular formula is C13H17ClN2O2. The van der Waals surface area contributed by atoms with Crippen molar-refractivity contribution in [3.05, 3.63) is 34.9 Å². The summed E-state index contributed by atoms with van der Waals surface area (Å²) in [6, 6.07) is 7.38. The third kappa shape index (κ3) is 3.37. The number of amides is 1. The summed E-state index contributed by atoms with van der Waals surface area (Å²) in [5, 5.41) is 3.94. The van der Waals surface area contributed by atoms with E-state index in [4.69, 9.17) is 22.1 Å². The first-order valence-electron chi connectivity index (χ1n) is 6.09. The number of nitrogens with one attached hydrogen (secondary N) is 1. The monoisotopic (exact) mass is 268 g/mol. The molecule has 1 saturated heterocycles. The van der Waals surface area contributed by atoms with E-state index < -0.39 is 6.09 Å². The van der Waals surface area contributed by atoms with E-state index in [2.05, 4.69) is 5.32 Å². The molecule has 1 amide bonds. The molecule has 3 N–H and O–H groups in total. The van der Waals surface area contributed by atoms with Crippen molar-refractivity contribution in [1.82, 2.24) is 5.32 Å². The maximum atomic E-state index is 11.1. The lowest BCUT2D eigenvalue weighted by Gasteiger charge is -2.30. The van der Waals surface area contributed by atoms with E-state index in [1.165, 1.54) is 0 Å². The van der Waals surface area contributed by atoms with Crippen molar-refractivity contribution in [3.8, 4) is 0 Å². The minimum absolute atomic E-state index is 0.240. The van der Waals surface area contributed by atoms with Gasteiger partial charge in [-0.15, -0.1) is 0 Å². The molecule has 98 valence electrons. The summed E-state index contributed by atoms with van der Waals surface area (Å²) >= 11 is 5.98. The maximum Gasteiger partial charge on any atom is 0.405 e. The van der Waals surface area contributed by atoms with Crippen molar-refractivity contribution >= 4 is 17.7 Å². The summed E-state index contributed by atoms with van der Waals surface area (Å²) in [5.74, 6) is 0.240. The Morgan fingerprint density at radius 3 is 3.00 bits per heavy atom. The highest BCUT2D eigenvalue weighted by molar-refractivity contribution is 6.30. The van der Waals surface area contributed by atoms with Gasteiger partial charge in [-0.1, -0.05) is 23.7 Å². The van der Waals surface area contributed by atoms with Crippen molar-refractivity contribution in [2.45, 2.75) is 18.9 Å². The number of carbonyl (C=O) groups excluding carboxylic acids is 1. The Bertz CT molecular complexity index is 419. The molecule has 1 aromatic carbocycles. The van der Waals surface area contributed by atoms with Gasteiger partial charge in [0.2, 0.25) is 0 Å². The molecule has 0 bridgehead atoms. The third-order valence-corrected chi connectivity index (χ3v) is 3.42. The molecule has 1 aromatic rings. The van der Waals surface area contributed by atoms with Gasteiger partial charge in [0.05, 0.1) is 0 Å². The van der Waals surface area contributed by atoms with Crippen LogP contribution in [-0.4, -0.2) is 19.2 Å². The van der Waals surface area contributed by atoms with Crippen LogP contribution in [0.5, 0.6) is 0 Å². The van der Waals surface area contributed by atoms with Crippen LogP contribution in [0.3, 0.4) is 0 Å². The quantitative estimate of drug-likeness (QED) is 0.885. The second kappa shape index (κ2) is 6.07. The van der Waals surface area contributed by atoms with Crippen molar-refractivity contribution in [1.29, 1.82) is 0 Å². The maximum absolute atomic E-state index is 11.1. The number of benzene rings is 1. The molecule has 4 nitrogen and oxygen atoms in total. The summed E-state index contributed by atoms with van der Waals surface area (Å²) in [6.07, 6.45) is 1.01. The first-order valence-corrected chi connectivity index (χ1v) is 6.47. The van der Waals surface area contributed by atoms with Gasteiger partial charge in [0.25, 0.3) is 0 Å². The molecule has 0 radical (unpaired) electrons. The smallest absolute Gasteiger partial charge is 0.405 e. The van der Waals surface area contributed by atoms with E-state index in [0.29, 0.717) is 5.02 Å². The Morgan fingerprint density at radius 2 is 2.39 bits per heavy atom. The van der Waals surface area contributed by atoms with Gasteiger partial charge in [-0.25, -0.2) is 4.79 Å². The molecule has 0 spiro atoms. The molecule has 0 saturated carbocycles. The number of carbonyl (C=O) groups is 1. The van der Waals surface area contributed by atoms with Crippen molar-refractivity contribution in [2.24, 2.45) is 11.7 Å². The molecule has 0 aliphatic carbocycles. The van der Waals surface area contributed by atoms with Gasteiger partial charge >= 0.3 is 6.09 Å². The molecule has 1 unspecified atom stereocenters. The van der Waals surface area contributed by atoms with E-state index >= 15 is 0 Å². The molecule has 2 rings (SSSR count). The van der Waals surface area contributed by atoms with E-state index in [0.717, 1.165) is 31.5 Å². The zero-order chi connectivity index (χ0) is 13.0. The minimum atomic E-state index is -0.745. The average molecular weight is 269 g/mol.